The zero-order valence-electron chi connectivity index (χ0n) is 14.5. The zero-order chi connectivity index (χ0) is 17.4. The number of fused-ring (bicyclic) bond motifs is 2. The molecule has 4 rings (SSSR count). The SMILES string of the molecule is Cc1cc(NC(=O)CC2CC3CCC2C3)nn1Cc1ccc(Cl)cc1. The summed E-state index contributed by atoms with van der Waals surface area (Å²) in [6.07, 6.45) is 5.91. The second-order valence-electron chi connectivity index (χ2n) is 7.64. The molecule has 0 saturated heterocycles. The third-order valence-corrected chi connectivity index (χ3v) is 6.08. The number of anilines is 1. The fourth-order valence-corrected chi connectivity index (χ4v) is 4.68. The first-order valence-corrected chi connectivity index (χ1v) is 9.53. The number of hydrogen-bond acceptors (Lipinski definition) is 2. The maximum absolute atomic E-state index is 12.4. The van der Waals surface area contributed by atoms with Crippen LogP contribution < -0.4 is 5.32 Å². The van der Waals surface area contributed by atoms with Gasteiger partial charge in [0, 0.05) is 23.2 Å². The Labute approximate surface area is 153 Å². The Morgan fingerprint density at radius 3 is 2.76 bits per heavy atom. The number of halogens is 1. The monoisotopic (exact) mass is 357 g/mol. The van der Waals surface area contributed by atoms with Gasteiger partial charge >= 0.3 is 0 Å². The van der Waals surface area contributed by atoms with Gasteiger partial charge in [-0.3, -0.25) is 9.48 Å². The van der Waals surface area contributed by atoms with Gasteiger partial charge in [-0.05, 0) is 61.6 Å². The molecule has 1 N–H and O–H groups in total. The van der Waals surface area contributed by atoms with E-state index in [2.05, 4.69) is 10.4 Å². The van der Waals surface area contributed by atoms with E-state index in [1.807, 2.05) is 41.9 Å². The largest absolute Gasteiger partial charge is 0.309 e. The van der Waals surface area contributed by atoms with Crippen LogP contribution in [0, 0.1) is 24.7 Å². The van der Waals surface area contributed by atoms with Gasteiger partial charge in [0.25, 0.3) is 0 Å². The molecule has 1 amide bonds. The number of rotatable bonds is 5. The van der Waals surface area contributed by atoms with Crippen LogP contribution in [-0.4, -0.2) is 15.7 Å². The maximum atomic E-state index is 12.4. The first-order chi connectivity index (χ1) is 12.1. The van der Waals surface area contributed by atoms with Gasteiger partial charge in [0.15, 0.2) is 5.82 Å². The summed E-state index contributed by atoms with van der Waals surface area (Å²) < 4.78 is 1.91. The van der Waals surface area contributed by atoms with E-state index in [0.29, 0.717) is 24.7 Å². The minimum Gasteiger partial charge on any atom is -0.309 e. The smallest absolute Gasteiger partial charge is 0.225 e. The van der Waals surface area contributed by atoms with Gasteiger partial charge in [0.1, 0.15) is 0 Å². The van der Waals surface area contributed by atoms with E-state index in [4.69, 9.17) is 11.6 Å². The van der Waals surface area contributed by atoms with Crippen LogP contribution in [0.15, 0.2) is 30.3 Å². The van der Waals surface area contributed by atoms with Crippen LogP contribution >= 0.6 is 11.6 Å². The van der Waals surface area contributed by atoms with Gasteiger partial charge in [0.05, 0.1) is 6.54 Å². The van der Waals surface area contributed by atoms with E-state index in [0.717, 1.165) is 28.1 Å². The van der Waals surface area contributed by atoms with Gasteiger partial charge in [-0.1, -0.05) is 30.2 Å². The molecule has 5 heteroatoms. The van der Waals surface area contributed by atoms with Crippen molar-refractivity contribution in [2.24, 2.45) is 17.8 Å². The predicted octanol–water partition coefficient (Wildman–Crippen LogP) is 4.66. The molecule has 2 aromatic rings. The molecule has 1 aromatic heterocycles. The van der Waals surface area contributed by atoms with E-state index in [9.17, 15) is 4.79 Å². The Hall–Kier alpha value is -1.81. The second kappa shape index (κ2) is 6.83. The number of nitrogens with zero attached hydrogens (tertiary/aromatic N) is 2. The minimum absolute atomic E-state index is 0.105. The quantitative estimate of drug-likeness (QED) is 0.846. The summed E-state index contributed by atoms with van der Waals surface area (Å²) in [6.45, 7) is 2.68. The van der Waals surface area contributed by atoms with E-state index in [-0.39, 0.29) is 5.91 Å². The first-order valence-electron chi connectivity index (χ1n) is 9.15. The van der Waals surface area contributed by atoms with Crippen LogP contribution in [0.5, 0.6) is 0 Å². The van der Waals surface area contributed by atoms with Crippen molar-refractivity contribution in [3.63, 3.8) is 0 Å². The molecular formula is C20H24ClN3O. The lowest BCUT2D eigenvalue weighted by molar-refractivity contribution is -0.117. The van der Waals surface area contributed by atoms with Gasteiger partial charge in [-0.25, -0.2) is 0 Å². The molecule has 2 aliphatic carbocycles. The maximum Gasteiger partial charge on any atom is 0.225 e. The number of hydrogen-bond donors (Lipinski definition) is 1. The molecule has 1 heterocycles. The normalized spacial score (nSPS) is 24.6. The highest BCUT2D eigenvalue weighted by Crippen LogP contribution is 2.49. The van der Waals surface area contributed by atoms with Gasteiger partial charge in [-0.2, -0.15) is 5.10 Å². The Morgan fingerprint density at radius 1 is 1.28 bits per heavy atom. The van der Waals surface area contributed by atoms with Crippen LogP contribution in [0.1, 0.15) is 43.4 Å². The van der Waals surface area contributed by atoms with E-state index in [1.54, 1.807) is 0 Å². The molecular weight excluding hydrogens is 334 g/mol. The summed E-state index contributed by atoms with van der Waals surface area (Å²) in [5, 5.41) is 8.27. The average Bonchev–Trinajstić information content (AvgIpc) is 3.26. The third-order valence-electron chi connectivity index (χ3n) is 5.83. The molecule has 25 heavy (non-hydrogen) atoms. The van der Waals surface area contributed by atoms with E-state index < -0.39 is 0 Å². The van der Waals surface area contributed by atoms with Crippen molar-refractivity contribution in [3.05, 3.63) is 46.6 Å². The van der Waals surface area contributed by atoms with Crippen molar-refractivity contribution in [2.75, 3.05) is 5.32 Å². The van der Waals surface area contributed by atoms with Crippen LogP contribution in [-0.2, 0) is 11.3 Å². The number of carbonyl (C=O) groups excluding carboxylic acids is 1. The van der Waals surface area contributed by atoms with Crippen LogP contribution in [0.4, 0.5) is 5.82 Å². The summed E-state index contributed by atoms with van der Waals surface area (Å²) >= 11 is 5.93. The Kier molecular flexibility index (Phi) is 4.55. The van der Waals surface area contributed by atoms with Crippen LogP contribution in [0.2, 0.25) is 5.02 Å². The highest BCUT2D eigenvalue weighted by atomic mass is 35.5. The van der Waals surface area contributed by atoms with Gasteiger partial charge < -0.3 is 5.32 Å². The number of carbonyl (C=O) groups is 1. The Bertz CT molecular complexity index is 768. The Morgan fingerprint density at radius 2 is 2.08 bits per heavy atom. The van der Waals surface area contributed by atoms with Crippen molar-refractivity contribution >= 4 is 23.3 Å². The first kappa shape index (κ1) is 16.6. The molecule has 1 aromatic carbocycles. The summed E-state index contributed by atoms with van der Waals surface area (Å²) in [4.78, 5) is 12.4. The van der Waals surface area contributed by atoms with Crippen molar-refractivity contribution < 1.29 is 4.79 Å². The molecule has 3 unspecified atom stereocenters. The average molecular weight is 358 g/mol. The number of benzene rings is 1. The molecule has 0 radical (unpaired) electrons. The predicted molar refractivity (Wildman–Crippen MR) is 99.7 cm³/mol. The van der Waals surface area contributed by atoms with Crippen LogP contribution in [0.3, 0.4) is 0 Å². The third kappa shape index (κ3) is 3.74. The second-order valence-corrected chi connectivity index (χ2v) is 8.08. The molecule has 4 nitrogen and oxygen atoms in total. The number of aryl methyl sites for hydroxylation is 1. The highest BCUT2D eigenvalue weighted by molar-refractivity contribution is 6.30. The molecule has 2 aliphatic rings. The topological polar surface area (TPSA) is 46.9 Å². The number of nitrogens with one attached hydrogen (secondary N) is 1. The van der Waals surface area contributed by atoms with Gasteiger partial charge in [-0.15, -0.1) is 0 Å². The summed E-state index contributed by atoms with van der Waals surface area (Å²) in [7, 11) is 0. The molecule has 0 aliphatic heterocycles. The fraction of sp³-hybridized carbons (Fsp3) is 0.500. The minimum atomic E-state index is 0.105. The van der Waals surface area contributed by atoms with Crippen LogP contribution in [0.25, 0.3) is 0 Å². The zero-order valence-corrected chi connectivity index (χ0v) is 15.3. The van der Waals surface area contributed by atoms with Crippen molar-refractivity contribution in [2.45, 2.75) is 45.6 Å². The summed E-state index contributed by atoms with van der Waals surface area (Å²) in [6, 6.07) is 9.70. The molecule has 2 bridgehead atoms. The molecule has 2 fully saturated rings. The van der Waals surface area contributed by atoms with E-state index in [1.165, 1.54) is 25.7 Å². The van der Waals surface area contributed by atoms with Crippen molar-refractivity contribution in [1.82, 2.24) is 9.78 Å². The Balaban J connectivity index is 1.36. The number of amides is 1. The fourth-order valence-electron chi connectivity index (χ4n) is 4.55. The molecule has 2 saturated carbocycles. The lowest BCUT2D eigenvalue weighted by atomic mass is 9.86. The molecule has 3 atom stereocenters. The standard InChI is InChI=1S/C20H24ClN3O/c1-13-8-19(23-24(13)12-14-3-6-18(21)7-4-14)22-20(25)11-17-10-15-2-5-16(17)9-15/h3-4,6-8,15-17H,2,5,9-12H2,1H3,(H,22,23,25). The van der Waals surface area contributed by atoms with Crippen molar-refractivity contribution in [3.8, 4) is 0 Å². The summed E-state index contributed by atoms with van der Waals surface area (Å²) in [5.74, 6) is 2.99. The van der Waals surface area contributed by atoms with Gasteiger partial charge in [0.2, 0.25) is 5.91 Å². The molecule has 132 valence electrons. The highest BCUT2D eigenvalue weighted by Gasteiger charge is 2.40. The lowest BCUT2D eigenvalue weighted by Crippen LogP contribution is -2.20. The number of aromatic nitrogens is 2. The van der Waals surface area contributed by atoms with E-state index >= 15 is 0 Å². The summed E-state index contributed by atoms with van der Waals surface area (Å²) in [5.41, 5.74) is 2.17. The molecule has 0 spiro atoms. The van der Waals surface area contributed by atoms with Crippen molar-refractivity contribution in [1.29, 1.82) is 0 Å². The lowest BCUT2D eigenvalue weighted by Gasteiger charge is -2.20.